The van der Waals surface area contributed by atoms with Gasteiger partial charge in [-0.15, -0.1) is 0 Å². The molecule has 0 aliphatic rings. The lowest BCUT2D eigenvalue weighted by Crippen LogP contribution is -2.32. The smallest absolute Gasteiger partial charge is 0.235 e. The fourth-order valence-electron chi connectivity index (χ4n) is 2.22. The number of nitrogens with zero attached hydrogens (tertiary/aromatic N) is 1. The van der Waals surface area contributed by atoms with Crippen molar-refractivity contribution in [2.75, 3.05) is 5.75 Å². The van der Waals surface area contributed by atoms with Crippen LogP contribution in [0.25, 0.3) is 0 Å². The quantitative estimate of drug-likeness (QED) is 0.864. The van der Waals surface area contributed by atoms with E-state index in [4.69, 9.17) is 9.68 Å². The number of benzene rings is 1. The van der Waals surface area contributed by atoms with Crippen molar-refractivity contribution in [1.29, 1.82) is 5.26 Å². The molecule has 1 N–H and O–H groups in total. The van der Waals surface area contributed by atoms with Crippen molar-refractivity contribution >= 4 is 15.7 Å². The van der Waals surface area contributed by atoms with E-state index in [1.54, 1.807) is 50.2 Å². The fourth-order valence-corrected chi connectivity index (χ4v) is 3.51. The lowest BCUT2D eigenvalue weighted by atomic mass is 10.2. The number of carbonyl (C=O) groups excluding carboxylic acids is 1. The summed E-state index contributed by atoms with van der Waals surface area (Å²) in [6.07, 6.45) is 0. The maximum atomic E-state index is 12.1. The summed E-state index contributed by atoms with van der Waals surface area (Å²) >= 11 is 0. The molecule has 6 nitrogen and oxygen atoms in total. The minimum Gasteiger partial charge on any atom is -0.464 e. The van der Waals surface area contributed by atoms with Crippen LogP contribution in [0.15, 0.2) is 40.8 Å². The highest BCUT2D eigenvalue weighted by molar-refractivity contribution is 7.91. The number of amides is 1. The van der Waals surface area contributed by atoms with E-state index in [0.29, 0.717) is 16.9 Å². The summed E-state index contributed by atoms with van der Waals surface area (Å²) < 4.78 is 29.7. The van der Waals surface area contributed by atoms with Crippen molar-refractivity contribution in [2.45, 2.75) is 25.6 Å². The van der Waals surface area contributed by atoms with Crippen LogP contribution in [0, 0.1) is 18.3 Å². The molecule has 1 aromatic heterocycles. The Bertz CT molecular complexity index is 861. The summed E-state index contributed by atoms with van der Waals surface area (Å²) in [6, 6.07) is 11.3. The molecule has 0 aliphatic carbocycles. The second-order valence-electron chi connectivity index (χ2n) is 5.58. The van der Waals surface area contributed by atoms with Crippen LogP contribution in [0.5, 0.6) is 0 Å². The summed E-state index contributed by atoms with van der Waals surface area (Å²) in [7, 11) is -3.60. The van der Waals surface area contributed by atoms with Crippen molar-refractivity contribution in [2.24, 2.45) is 0 Å². The van der Waals surface area contributed by atoms with Crippen molar-refractivity contribution in [3.8, 4) is 6.07 Å². The molecule has 0 spiro atoms. The molecule has 24 heavy (non-hydrogen) atoms. The second-order valence-corrected chi connectivity index (χ2v) is 7.64. The maximum Gasteiger partial charge on any atom is 0.235 e. The first-order chi connectivity index (χ1) is 11.3. The van der Waals surface area contributed by atoms with Crippen LogP contribution in [0.2, 0.25) is 0 Å². The molecule has 7 heteroatoms. The van der Waals surface area contributed by atoms with E-state index in [0.717, 1.165) is 5.76 Å². The van der Waals surface area contributed by atoms with Gasteiger partial charge in [-0.3, -0.25) is 4.79 Å². The van der Waals surface area contributed by atoms with Gasteiger partial charge < -0.3 is 9.73 Å². The Balaban J connectivity index is 1.95. The summed E-state index contributed by atoms with van der Waals surface area (Å²) in [5, 5.41) is 11.3. The van der Waals surface area contributed by atoms with Gasteiger partial charge in [0.25, 0.3) is 0 Å². The third-order valence-electron chi connectivity index (χ3n) is 3.39. The molecule has 2 rings (SSSR count). The van der Waals surface area contributed by atoms with E-state index >= 15 is 0 Å². The zero-order valence-electron chi connectivity index (χ0n) is 13.4. The number of hydrogen-bond acceptors (Lipinski definition) is 5. The highest BCUT2D eigenvalue weighted by Gasteiger charge is 2.20. The van der Waals surface area contributed by atoms with Gasteiger partial charge in [0.15, 0.2) is 9.84 Å². The molecular weight excluding hydrogens is 328 g/mol. The SMILES string of the molecule is Cc1ccc(C(C)NC(=O)CS(=O)(=O)Cc2ccc(C#N)cc2)o1. The predicted octanol–water partition coefficient (Wildman–Crippen LogP) is 2.25. The van der Waals surface area contributed by atoms with Crippen LogP contribution in [0.3, 0.4) is 0 Å². The third kappa shape index (κ3) is 4.96. The first kappa shape index (κ1) is 17.8. The molecule has 1 amide bonds. The summed E-state index contributed by atoms with van der Waals surface area (Å²) in [5.41, 5.74) is 0.993. The predicted molar refractivity (Wildman–Crippen MR) is 88.7 cm³/mol. The third-order valence-corrected chi connectivity index (χ3v) is 4.86. The van der Waals surface area contributed by atoms with E-state index in [1.165, 1.54) is 0 Å². The number of hydrogen-bond donors (Lipinski definition) is 1. The zero-order chi connectivity index (χ0) is 17.7. The average Bonchev–Trinajstić information content (AvgIpc) is 2.93. The topological polar surface area (TPSA) is 100 Å². The van der Waals surface area contributed by atoms with Gasteiger partial charge in [0, 0.05) is 0 Å². The Labute approximate surface area is 141 Å². The van der Waals surface area contributed by atoms with E-state index in [-0.39, 0.29) is 5.75 Å². The first-order valence-electron chi connectivity index (χ1n) is 7.34. The number of rotatable bonds is 6. The Morgan fingerprint density at radius 3 is 2.46 bits per heavy atom. The number of sulfone groups is 1. The molecule has 0 aliphatic heterocycles. The largest absolute Gasteiger partial charge is 0.464 e. The molecular formula is C17H18N2O4S. The van der Waals surface area contributed by atoms with Crippen molar-refractivity contribution < 1.29 is 17.6 Å². The lowest BCUT2D eigenvalue weighted by molar-refractivity contribution is -0.119. The Morgan fingerprint density at radius 1 is 1.25 bits per heavy atom. The molecule has 1 unspecified atom stereocenters. The molecule has 1 heterocycles. The van der Waals surface area contributed by atoms with Crippen LogP contribution in [-0.4, -0.2) is 20.1 Å². The van der Waals surface area contributed by atoms with Crippen molar-refractivity contribution in [1.82, 2.24) is 5.32 Å². The molecule has 126 valence electrons. The average molecular weight is 346 g/mol. The van der Waals surface area contributed by atoms with Crippen LogP contribution in [-0.2, 0) is 20.4 Å². The Morgan fingerprint density at radius 2 is 1.92 bits per heavy atom. The molecule has 0 saturated carbocycles. The lowest BCUT2D eigenvalue weighted by Gasteiger charge is -2.12. The van der Waals surface area contributed by atoms with Crippen molar-refractivity contribution in [3.05, 3.63) is 59.0 Å². The van der Waals surface area contributed by atoms with E-state index in [1.807, 2.05) is 6.07 Å². The molecule has 0 fully saturated rings. The fraction of sp³-hybridized carbons (Fsp3) is 0.294. The maximum absolute atomic E-state index is 12.1. The highest BCUT2D eigenvalue weighted by Crippen LogP contribution is 2.15. The summed E-state index contributed by atoms with van der Waals surface area (Å²) in [5.74, 6) is -0.132. The van der Waals surface area contributed by atoms with Crippen LogP contribution >= 0.6 is 0 Å². The molecule has 1 atom stereocenters. The number of nitriles is 1. The summed E-state index contributed by atoms with van der Waals surface area (Å²) in [4.78, 5) is 12.0. The van der Waals surface area contributed by atoms with Gasteiger partial charge >= 0.3 is 0 Å². The minimum absolute atomic E-state index is 0.250. The van der Waals surface area contributed by atoms with Gasteiger partial charge in [0.05, 0.1) is 23.4 Å². The van der Waals surface area contributed by atoms with Gasteiger partial charge in [0.2, 0.25) is 5.91 Å². The standard InChI is InChI=1S/C17H18N2O4S/c1-12-3-8-16(23-12)13(2)19-17(20)11-24(21,22)10-15-6-4-14(9-18)5-7-15/h3-8,13H,10-11H2,1-2H3,(H,19,20). The Kier molecular flexibility index (Phi) is 5.42. The molecule has 1 aromatic carbocycles. The minimum atomic E-state index is -3.60. The van der Waals surface area contributed by atoms with Crippen LogP contribution < -0.4 is 5.32 Å². The first-order valence-corrected chi connectivity index (χ1v) is 9.16. The van der Waals surface area contributed by atoms with Crippen LogP contribution in [0.4, 0.5) is 0 Å². The molecule has 0 bridgehead atoms. The normalized spacial score (nSPS) is 12.4. The van der Waals surface area contributed by atoms with E-state index < -0.39 is 27.5 Å². The molecule has 2 aromatic rings. The van der Waals surface area contributed by atoms with E-state index in [9.17, 15) is 13.2 Å². The number of furan rings is 1. The number of carbonyl (C=O) groups is 1. The van der Waals surface area contributed by atoms with Gasteiger partial charge in [0.1, 0.15) is 17.3 Å². The number of aryl methyl sites for hydroxylation is 1. The second kappa shape index (κ2) is 7.32. The van der Waals surface area contributed by atoms with Gasteiger partial charge in [-0.25, -0.2) is 8.42 Å². The van der Waals surface area contributed by atoms with Crippen molar-refractivity contribution in [3.63, 3.8) is 0 Å². The van der Waals surface area contributed by atoms with Gasteiger partial charge in [-0.05, 0) is 43.7 Å². The summed E-state index contributed by atoms with van der Waals surface area (Å²) in [6.45, 7) is 3.52. The van der Waals surface area contributed by atoms with E-state index in [2.05, 4.69) is 5.32 Å². The zero-order valence-corrected chi connectivity index (χ0v) is 14.3. The monoisotopic (exact) mass is 346 g/mol. The van der Waals surface area contributed by atoms with Crippen LogP contribution in [0.1, 0.15) is 35.6 Å². The Hall–Kier alpha value is -2.59. The van der Waals surface area contributed by atoms with Gasteiger partial charge in [-0.2, -0.15) is 5.26 Å². The molecule has 0 saturated heterocycles. The number of nitrogens with one attached hydrogen (secondary N) is 1. The highest BCUT2D eigenvalue weighted by atomic mass is 32.2. The molecule has 0 radical (unpaired) electrons. The van der Waals surface area contributed by atoms with Gasteiger partial charge in [-0.1, -0.05) is 12.1 Å².